The van der Waals surface area contributed by atoms with E-state index in [0.717, 1.165) is 19.3 Å². The molecular formula is C31H23Cl2NO7. The van der Waals surface area contributed by atoms with Crippen molar-refractivity contribution in [2.75, 3.05) is 11.5 Å². The van der Waals surface area contributed by atoms with Gasteiger partial charge >= 0.3 is 11.9 Å². The molecule has 0 spiro atoms. The highest BCUT2D eigenvalue weighted by atomic mass is 35.5. The fraction of sp³-hybridized carbons (Fsp3) is 0.258. The van der Waals surface area contributed by atoms with Gasteiger partial charge in [-0.2, -0.15) is 0 Å². The summed E-state index contributed by atoms with van der Waals surface area (Å²) in [5.74, 6) is -2.07. The molecule has 3 aromatic rings. The summed E-state index contributed by atoms with van der Waals surface area (Å²) in [6, 6.07) is 16.3. The van der Waals surface area contributed by atoms with Gasteiger partial charge in [0.15, 0.2) is 12.4 Å². The van der Waals surface area contributed by atoms with E-state index in [9.17, 15) is 24.0 Å². The number of ether oxygens (including phenoxy) is 2. The van der Waals surface area contributed by atoms with Gasteiger partial charge in [-0.25, -0.2) is 9.59 Å². The zero-order valence-corrected chi connectivity index (χ0v) is 23.1. The van der Waals surface area contributed by atoms with Crippen LogP contribution in [0.15, 0.2) is 66.7 Å². The fourth-order valence-corrected chi connectivity index (χ4v) is 6.53. The van der Waals surface area contributed by atoms with Crippen LogP contribution < -0.4 is 9.64 Å². The predicted octanol–water partition coefficient (Wildman–Crippen LogP) is 5.79. The first-order valence-electron chi connectivity index (χ1n) is 13.2. The maximum atomic E-state index is 13.1. The molecule has 6 rings (SSSR count). The molecule has 10 heteroatoms. The van der Waals surface area contributed by atoms with E-state index in [0.29, 0.717) is 10.7 Å². The van der Waals surface area contributed by atoms with Crippen molar-refractivity contribution in [3.63, 3.8) is 0 Å². The Hall–Kier alpha value is -4.01. The van der Waals surface area contributed by atoms with Gasteiger partial charge in [-0.3, -0.25) is 19.3 Å². The molecule has 3 aliphatic rings. The highest BCUT2D eigenvalue weighted by Crippen LogP contribution is 2.56. The number of rotatable bonds is 7. The number of esters is 2. The molecule has 0 radical (unpaired) electrons. The van der Waals surface area contributed by atoms with Crippen LogP contribution >= 0.6 is 23.2 Å². The molecule has 3 fully saturated rings. The molecule has 3 aromatic carbocycles. The van der Waals surface area contributed by atoms with E-state index in [1.807, 2.05) is 0 Å². The number of halogens is 2. The third kappa shape index (κ3) is 5.02. The van der Waals surface area contributed by atoms with Crippen molar-refractivity contribution in [3.8, 4) is 5.75 Å². The molecule has 1 saturated heterocycles. The van der Waals surface area contributed by atoms with Gasteiger partial charge in [0.25, 0.3) is 0 Å². The van der Waals surface area contributed by atoms with Crippen LogP contribution in [0.4, 0.5) is 5.69 Å². The average molecular weight is 592 g/mol. The zero-order valence-electron chi connectivity index (χ0n) is 21.5. The largest absolute Gasteiger partial charge is 0.454 e. The van der Waals surface area contributed by atoms with Crippen molar-refractivity contribution in [2.45, 2.75) is 19.3 Å². The van der Waals surface area contributed by atoms with Crippen LogP contribution in [-0.2, 0) is 14.3 Å². The molecule has 2 amide bonds. The maximum absolute atomic E-state index is 13.1. The Morgan fingerprint density at radius 3 is 2.05 bits per heavy atom. The molecule has 4 unspecified atom stereocenters. The minimum absolute atomic E-state index is 0.125. The van der Waals surface area contributed by atoms with Crippen LogP contribution in [0.25, 0.3) is 0 Å². The van der Waals surface area contributed by atoms with Gasteiger partial charge in [0, 0.05) is 5.56 Å². The summed E-state index contributed by atoms with van der Waals surface area (Å²) in [5.41, 5.74) is 0.917. The number of amides is 2. The van der Waals surface area contributed by atoms with Gasteiger partial charge in [-0.05, 0) is 91.8 Å². The first-order chi connectivity index (χ1) is 19.7. The first-order valence-corrected chi connectivity index (χ1v) is 13.9. The summed E-state index contributed by atoms with van der Waals surface area (Å²) in [7, 11) is 0. The van der Waals surface area contributed by atoms with Crippen LogP contribution in [0.2, 0.25) is 10.0 Å². The van der Waals surface area contributed by atoms with Crippen molar-refractivity contribution < 1.29 is 33.4 Å². The lowest BCUT2D eigenvalue weighted by Crippen LogP contribution is -2.32. The lowest BCUT2D eigenvalue weighted by Gasteiger charge is -2.19. The number of imide groups is 1. The van der Waals surface area contributed by atoms with E-state index in [1.165, 1.54) is 59.5 Å². The molecule has 208 valence electrons. The Kier molecular flexibility index (Phi) is 7.13. The number of hydrogen-bond acceptors (Lipinski definition) is 7. The van der Waals surface area contributed by atoms with Gasteiger partial charge < -0.3 is 9.47 Å². The topological polar surface area (TPSA) is 107 Å². The third-order valence-corrected chi connectivity index (χ3v) is 8.88. The Morgan fingerprint density at radius 2 is 1.39 bits per heavy atom. The number of carbonyl (C=O) groups excluding carboxylic acids is 5. The lowest BCUT2D eigenvalue weighted by atomic mass is 9.81. The van der Waals surface area contributed by atoms with E-state index < -0.39 is 24.3 Å². The smallest absolute Gasteiger partial charge is 0.343 e. The maximum Gasteiger partial charge on any atom is 0.343 e. The molecular weight excluding hydrogens is 569 g/mol. The minimum Gasteiger partial charge on any atom is -0.454 e. The summed E-state index contributed by atoms with van der Waals surface area (Å²) in [5, 5.41) is 0.528. The number of fused-ring (bicyclic) bond motifs is 5. The Morgan fingerprint density at radius 1 is 0.756 bits per heavy atom. The van der Waals surface area contributed by atoms with Crippen LogP contribution in [0.5, 0.6) is 5.75 Å². The number of benzene rings is 3. The summed E-state index contributed by atoms with van der Waals surface area (Å²) in [6.45, 7) is -0.527. The van der Waals surface area contributed by atoms with Gasteiger partial charge in [-0.15, -0.1) is 0 Å². The molecule has 1 aliphatic heterocycles. The second-order valence-corrected chi connectivity index (χ2v) is 11.3. The highest BCUT2D eigenvalue weighted by Gasteiger charge is 2.61. The van der Waals surface area contributed by atoms with Crippen LogP contribution in [-0.4, -0.2) is 36.1 Å². The number of anilines is 1. The van der Waals surface area contributed by atoms with E-state index in [4.69, 9.17) is 32.7 Å². The monoisotopic (exact) mass is 591 g/mol. The van der Waals surface area contributed by atoms with Gasteiger partial charge in [-0.1, -0.05) is 29.3 Å². The standard InChI is InChI=1S/C31H23Cl2NO7/c32-23-11-8-20(14-24(23)33)31(39)41-22-9-6-16(7-10-22)25(35)15-40-30(38)19-2-1-3-21(13-19)34-28(36)26-17-4-5-18(12-17)27(26)29(34)37/h1-3,6-11,13-14,17-18,26-27H,4-5,12,15H2. The fourth-order valence-electron chi connectivity index (χ4n) is 6.23. The molecule has 2 saturated carbocycles. The normalized spacial score (nSPS) is 22.5. The summed E-state index contributed by atoms with van der Waals surface area (Å²) < 4.78 is 10.5. The predicted molar refractivity (Wildman–Crippen MR) is 149 cm³/mol. The quantitative estimate of drug-likeness (QED) is 0.148. The summed E-state index contributed by atoms with van der Waals surface area (Å²) >= 11 is 11.8. The molecule has 8 nitrogen and oxygen atoms in total. The summed E-state index contributed by atoms with van der Waals surface area (Å²) in [4.78, 5) is 65.2. The number of nitrogens with zero attached hydrogens (tertiary/aromatic N) is 1. The second kappa shape index (κ2) is 10.8. The van der Waals surface area contributed by atoms with E-state index in [1.54, 1.807) is 12.1 Å². The number of hydrogen-bond donors (Lipinski definition) is 0. The van der Waals surface area contributed by atoms with Gasteiger partial charge in [0.2, 0.25) is 11.8 Å². The SMILES string of the molecule is O=C(COC(=O)c1cccc(N2C(=O)C3C4CCC(C4)C3C2=O)c1)c1ccc(OC(=O)c2ccc(Cl)c(Cl)c2)cc1. The van der Waals surface area contributed by atoms with Crippen molar-refractivity contribution in [1.82, 2.24) is 0 Å². The zero-order chi connectivity index (χ0) is 28.8. The molecule has 0 aromatic heterocycles. The number of carbonyl (C=O) groups is 5. The Bertz CT molecular complexity index is 1570. The van der Waals surface area contributed by atoms with Gasteiger partial charge in [0.05, 0.1) is 38.7 Å². The number of ketones is 1. The van der Waals surface area contributed by atoms with Crippen molar-refractivity contribution >= 4 is 58.4 Å². The molecule has 2 aliphatic carbocycles. The molecule has 41 heavy (non-hydrogen) atoms. The van der Waals surface area contributed by atoms with Crippen LogP contribution in [0.3, 0.4) is 0 Å². The van der Waals surface area contributed by atoms with E-state index in [2.05, 4.69) is 0 Å². The summed E-state index contributed by atoms with van der Waals surface area (Å²) in [6.07, 6.45) is 2.89. The molecule has 4 atom stereocenters. The number of Topliss-reactive ketones (excluding diaryl/α,β-unsaturated/α-hetero) is 1. The van der Waals surface area contributed by atoms with Crippen molar-refractivity contribution in [2.24, 2.45) is 23.7 Å². The second-order valence-electron chi connectivity index (χ2n) is 10.5. The van der Waals surface area contributed by atoms with E-state index >= 15 is 0 Å². The average Bonchev–Trinajstić information content (AvgIpc) is 3.66. The Labute approximate surface area is 245 Å². The van der Waals surface area contributed by atoms with E-state index in [-0.39, 0.29) is 62.9 Å². The van der Waals surface area contributed by atoms with Crippen molar-refractivity contribution in [3.05, 3.63) is 93.5 Å². The minimum atomic E-state index is -0.758. The highest BCUT2D eigenvalue weighted by molar-refractivity contribution is 6.42. The van der Waals surface area contributed by atoms with Crippen molar-refractivity contribution in [1.29, 1.82) is 0 Å². The Balaban J connectivity index is 1.06. The lowest BCUT2D eigenvalue weighted by molar-refractivity contribution is -0.123. The first kappa shape index (κ1) is 27.2. The molecule has 2 bridgehead atoms. The van der Waals surface area contributed by atoms with Gasteiger partial charge in [0.1, 0.15) is 5.75 Å². The molecule has 1 heterocycles. The third-order valence-electron chi connectivity index (χ3n) is 8.14. The molecule has 0 N–H and O–H groups in total. The van der Waals surface area contributed by atoms with Crippen LogP contribution in [0.1, 0.15) is 50.3 Å². The van der Waals surface area contributed by atoms with Crippen LogP contribution in [0, 0.1) is 23.7 Å².